The van der Waals surface area contributed by atoms with Crippen LogP contribution in [0.25, 0.3) is 22.6 Å². The lowest BCUT2D eigenvalue weighted by atomic mass is 10.00. The van der Waals surface area contributed by atoms with E-state index in [0.717, 1.165) is 23.2 Å². The van der Waals surface area contributed by atoms with E-state index in [2.05, 4.69) is 46.4 Å². The van der Waals surface area contributed by atoms with E-state index in [0.29, 0.717) is 35.9 Å². The van der Waals surface area contributed by atoms with Crippen LogP contribution in [-0.2, 0) is 0 Å². The Morgan fingerprint density at radius 3 is 2.57 bits per heavy atom. The van der Waals surface area contributed by atoms with E-state index < -0.39 is 0 Å². The van der Waals surface area contributed by atoms with Crippen LogP contribution in [0.2, 0.25) is 0 Å². The highest BCUT2D eigenvalue weighted by atomic mass is 16.5. The van der Waals surface area contributed by atoms with Crippen LogP contribution in [0, 0.1) is 18.8 Å². The summed E-state index contributed by atoms with van der Waals surface area (Å²) < 4.78 is 11.5. The van der Waals surface area contributed by atoms with E-state index in [-0.39, 0.29) is 0 Å². The molecule has 3 aromatic rings. The number of pyridine rings is 1. The average Bonchev–Trinajstić information content (AvgIpc) is 3.22. The van der Waals surface area contributed by atoms with Crippen molar-refractivity contribution < 1.29 is 9.15 Å². The summed E-state index contributed by atoms with van der Waals surface area (Å²) >= 11 is 0. The normalized spacial score (nSPS) is 11.7. The quantitative estimate of drug-likeness (QED) is 0.654. The average molecular weight is 383 g/mol. The van der Waals surface area contributed by atoms with E-state index >= 15 is 0 Å². The number of nitrogens with two attached hydrogens (primary N) is 1. The predicted octanol–water partition coefficient (Wildman–Crippen LogP) is 4.14. The van der Waals surface area contributed by atoms with Crippen molar-refractivity contribution in [3.05, 3.63) is 42.9 Å². The molecule has 7 nitrogen and oxygen atoms in total. The number of hydrogen-bond acceptors (Lipinski definition) is 7. The van der Waals surface area contributed by atoms with Gasteiger partial charge >= 0.3 is 0 Å². The van der Waals surface area contributed by atoms with Crippen molar-refractivity contribution >= 4 is 0 Å². The van der Waals surface area contributed by atoms with E-state index in [9.17, 15) is 0 Å². The minimum absolute atomic E-state index is 0.448. The lowest BCUT2D eigenvalue weighted by Gasteiger charge is -2.16. The van der Waals surface area contributed by atoms with Gasteiger partial charge in [0.2, 0.25) is 5.88 Å². The first-order valence-electron chi connectivity index (χ1n) is 9.42. The molecule has 1 unspecified atom stereocenters. The zero-order valence-corrected chi connectivity index (χ0v) is 17.2. The molecule has 3 rings (SSSR count). The third-order valence-corrected chi connectivity index (χ3v) is 4.00. The molecule has 0 saturated heterocycles. The van der Waals surface area contributed by atoms with Gasteiger partial charge in [-0.05, 0) is 44.4 Å². The van der Waals surface area contributed by atoms with Crippen LogP contribution in [-0.4, -0.2) is 33.6 Å². The smallest absolute Gasteiger partial charge is 0.224 e. The van der Waals surface area contributed by atoms with Crippen LogP contribution < -0.4 is 10.5 Å². The van der Waals surface area contributed by atoms with Crippen LogP contribution >= 0.6 is 0 Å². The Labute approximate surface area is 166 Å². The minimum Gasteiger partial charge on any atom is -0.477 e. The fraction of sp³-hybridized carbons (Fsp3) is 0.429. The highest BCUT2D eigenvalue weighted by Gasteiger charge is 2.15. The van der Waals surface area contributed by atoms with E-state index in [1.165, 1.54) is 13.4 Å². The topological polar surface area (TPSA) is 100.0 Å². The Kier molecular flexibility index (Phi) is 8.07. The molecule has 0 aromatic carbocycles. The zero-order valence-electron chi connectivity index (χ0n) is 17.2. The molecule has 7 heteroatoms. The molecule has 0 fully saturated rings. The first-order valence-corrected chi connectivity index (χ1v) is 9.42. The molecule has 0 aliphatic heterocycles. The summed E-state index contributed by atoms with van der Waals surface area (Å²) in [5.74, 6) is 2.97. The Bertz CT molecular complexity index is 850. The highest BCUT2D eigenvalue weighted by Crippen LogP contribution is 2.32. The molecule has 0 spiro atoms. The number of ether oxygens (including phenoxy) is 1. The Balaban J connectivity index is 0.00000136. The van der Waals surface area contributed by atoms with Gasteiger partial charge in [-0.2, -0.15) is 0 Å². The standard InChI is InChI=1S/C20H24N4O2.CH5N/c1-13(2)7-14(3)11-25-20-17(19-10-21-12-26-19)8-16(9-23-20)18-5-6-22-15(4)24-18;1-2/h5-6,8-10,12-14H,7,11H2,1-4H3;2H2,1H3. The number of aromatic nitrogens is 4. The zero-order chi connectivity index (χ0) is 20.5. The van der Waals surface area contributed by atoms with E-state index in [4.69, 9.17) is 9.15 Å². The monoisotopic (exact) mass is 383 g/mol. The van der Waals surface area contributed by atoms with Crippen molar-refractivity contribution in [3.63, 3.8) is 0 Å². The maximum atomic E-state index is 6.01. The fourth-order valence-electron chi connectivity index (χ4n) is 2.94. The Morgan fingerprint density at radius 2 is 1.93 bits per heavy atom. The van der Waals surface area contributed by atoms with Gasteiger partial charge in [0.25, 0.3) is 0 Å². The molecule has 150 valence electrons. The molecule has 0 amide bonds. The maximum absolute atomic E-state index is 6.01. The summed E-state index contributed by atoms with van der Waals surface area (Å²) in [6, 6.07) is 3.83. The van der Waals surface area contributed by atoms with Crippen molar-refractivity contribution in [3.8, 4) is 28.5 Å². The van der Waals surface area contributed by atoms with Gasteiger partial charge in [0, 0.05) is 18.0 Å². The summed E-state index contributed by atoms with van der Waals surface area (Å²) in [6.07, 6.45) is 7.68. The van der Waals surface area contributed by atoms with Crippen molar-refractivity contribution in [1.82, 2.24) is 19.9 Å². The van der Waals surface area contributed by atoms with E-state index in [1.807, 2.05) is 19.1 Å². The number of aryl methyl sites for hydroxylation is 1. The first kappa shape index (κ1) is 21.5. The number of oxazole rings is 1. The maximum Gasteiger partial charge on any atom is 0.224 e. The van der Waals surface area contributed by atoms with Crippen molar-refractivity contribution in [1.29, 1.82) is 0 Å². The Hall–Kier alpha value is -2.80. The second-order valence-corrected chi connectivity index (χ2v) is 6.98. The fourth-order valence-corrected chi connectivity index (χ4v) is 2.94. The molecule has 1 atom stereocenters. The number of hydrogen-bond donors (Lipinski definition) is 1. The summed E-state index contributed by atoms with van der Waals surface area (Å²) in [4.78, 5) is 17.1. The van der Waals surface area contributed by atoms with Gasteiger partial charge in [-0.25, -0.2) is 19.9 Å². The number of rotatable bonds is 7. The van der Waals surface area contributed by atoms with Gasteiger partial charge in [0.15, 0.2) is 12.2 Å². The molecule has 3 aromatic heterocycles. The predicted molar refractivity (Wildman–Crippen MR) is 110 cm³/mol. The van der Waals surface area contributed by atoms with Crippen LogP contribution in [0.1, 0.15) is 33.0 Å². The Morgan fingerprint density at radius 1 is 1.14 bits per heavy atom. The minimum atomic E-state index is 0.448. The molecular weight excluding hydrogens is 354 g/mol. The van der Waals surface area contributed by atoms with Crippen molar-refractivity contribution in [2.75, 3.05) is 13.7 Å². The van der Waals surface area contributed by atoms with Gasteiger partial charge in [-0.1, -0.05) is 20.8 Å². The van der Waals surface area contributed by atoms with Crippen molar-refractivity contribution in [2.24, 2.45) is 17.6 Å². The van der Waals surface area contributed by atoms with Gasteiger partial charge in [0.05, 0.1) is 24.1 Å². The summed E-state index contributed by atoms with van der Waals surface area (Å²) in [5, 5.41) is 0. The lowest BCUT2D eigenvalue weighted by molar-refractivity contribution is 0.232. The third-order valence-electron chi connectivity index (χ3n) is 4.00. The summed E-state index contributed by atoms with van der Waals surface area (Å²) in [5.41, 5.74) is 6.96. The van der Waals surface area contributed by atoms with Crippen molar-refractivity contribution in [2.45, 2.75) is 34.1 Å². The molecule has 0 bridgehead atoms. The van der Waals surface area contributed by atoms with Crippen LogP contribution in [0.3, 0.4) is 0 Å². The SMILES string of the molecule is CN.Cc1nccc(-c2cnc(OCC(C)CC(C)C)c(-c3cnco3)c2)n1. The second kappa shape index (κ2) is 10.5. The molecule has 0 radical (unpaired) electrons. The molecule has 0 saturated carbocycles. The molecular formula is C21H29N5O2. The van der Waals surface area contributed by atoms with Crippen LogP contribution in [0.5, 0.6) is 5.88 Å². The highest BCUT2D eigenvalue weighted by molar-refractivity contribution is 5.71. The molecule has 2 N–H and O–H groups in total. The third kappa shape index (κ3) is 5.85. The van der Waals surface area contributed by atoms with Gasteiger partial charge in [-0.3, -0.25) is 0 Å². The van der Waals surface area contributed by atoms with Gasteiger partial charge in [-0.15, -0.1) is 0 Å². The van der Waals surface area contributed by atoms with Crippen LogP contribution in [0.4, 0.5) is 0 Å². The summed E-state index contributed by atoms with van der Waals surface area (Å²) in [6.45, 7) is 9.09. The summed E-state index contributed by atoms with van der Waals surface area (Å²) in [7, 11) is 1.50. The van der Waals surface area contributed by atoms with Crippen LogP contribution in [0.15, 0.2) is 41.5 Å². The van der Waals surface area contributed by atoms with E-state index in [1.54, 1.807) is 18.6 Å². The molecule has 0 aliphatic carbocycles. The lowest BCUT2D eigenvalue weighted by Crippen LogP contribution is -2.12. The van der Waals surface area contributed by atoms with Gasteiger partial charge in [0.1, 0.15) is 5.82 Å². The molecule has 0 aliphatic rings. The largest absolute Gasteiger partial charge is 0.477 e. The molecule has 28 heavy (non-hydrogen) atoms. The number of nitrogens with zero attached hydrogens (tertiary/aromatic N) is 4. The molecule has 3 heterocycles. The second-order valence-electron chi connectivity index (χ2n) is 6.98. The van der Waals surface area contributed by atoms with Gasteiger partial charge < -0.3 is 14.9 Å². The first-order chi connectivity index (χ1) is 13.5.